The number of hydrogen-bond acceptors (Lipinski definition) is 3. The first-order valence-corrected chi connectivity index (χ1v) is 6.71. The summed E-state index contributed by atoms with van der Waals surface area (Å²) in [7, 11) is 1.88. The van der Waals surface area contributed by atoms with Crippen LogP contribution in [0.15, 0.2) is 0 Å². The van der Waals surface area contributed by atoms with Gasteiger partial charge in [-0.05, 0) is 38.3 Å². The molecule has 0 spiro atoms. The maximum Gasteiger partial charge on any atom is 0.303 e. The van der Waals surface area contributed by atoms with E-state index in [2.05, 4.69) is 10.6 Å². The van der Waals surface area contributed by atoms with Gasteiger partial charge in [-0.15, -0.1) is 0 Å². The molecule has 0 aromatic heterocycles. The van der Waals surface area contributed by atoms with E-state index in [0.29, 0.717) is 13.0 Å². The number of carbonyl (C=O) groups is 2. The molecule has 1 aliphatic carbocycles. The number of aliphatic carboxylic acids is 1. The van der Waals surface area contributed by atoms with Crippen molar-refractivity contribution in [2.75, 3.05) is 20.1 Å². The fraction of sp³-hybridized carbons (Fsp3) is 0.846. The lowest BCUT2D eigenvalue weighted by Crippen LogP contribution is -2.33. The van der Waals surface area contributed by atoms with Crippen LogP contribution in [0.2, 0.25) is 0 Å². The highest BCUT2D eigenvalue weighted by Crippen LogP contribution is 2.43. The van der Waals surface area contributed by atoms with Gasteiger partial charge in [-0.2, -0.15) is 0 Å². The van der Waals surface area contributed by atoms with E-state index in [9.17, 15) is 9.59 Å². The van der Waals surface area contributed by atoms with E-state index < -0.39 is 5.97 Å². The van der Waals surface area contributed by atoms with Crippen LogP contribution in [-0.2, 0) is 9.59 Å². The van der Waals surface area contributed by atoms with E-state index in [1.54, 1.807) is 0 Å². The molecule has 1 saturated carbocycles. The van der Waals surface area contributed by atoms with Crippen LogP contribution in [0.4, 0.5) is 0 Å². The number of nitrogens with one attached hydrogen (secondary N) is 2. The van der Waals surface area contributed by atoms with Gasteiger partial charge >= 0.3 is 5.97 Å². The first-order chi connectivity index (χ1) is 8.58. The van der Waals surface area contributed by atoms with E-state index in [1.807, 2.05) is 7.05 Å². The van der Waals surface area contributed by atoms with Gasteiger partial charge in [0.15, 0.2) is 0 Å². The summed E-state index contributed by atoms with van der Waals surface area (Å²) in [6, 6.07) is 0. The lowest BCUT2D eigenvalue weighted by atomic mass is 9.79. The zero-order valence-corrected chi connectivity index (χ0v) is 11.1. The molecule has 1 rings (SSSR count). The maximum absolute atomic E-state index is 11.8. The Balaban J connectivity index is 2.36. The largest absolute Gasteiger partial charge is 0.481 e. The van der Waals surface area contributed by atoms with Crippen molar-refractivity contribution in [3.8, 4) is 0 Å². The topological polar surface area (TPSA) is 78.4 Å². The van der Waals surface area contributed by atoms with Crippen molar-refractivity contribution in [2.24, 2.45) is 5.41 Å². The standard InChI is InChI=1S/C13H24N2O3/c1-14-7-4-8-15-11(16)9-13(10-12(17)18)5-2-3-6-13/h14H,2-10H2,1H3,(H,15,16)(H,17,18). The Morgan fingerprint density at radius 2 is 1.83 bits per heavy atom. The highest BCUT2D eigenvalue weighted by molar-refractivity contribution is 5.78. The molecule has 1 fully saturated rings. The van der Waals surface area contributed by atoms with Gasteiger partial charge < -0.3 is 15.7 Å². The summed E-state index contributed by atoms with van der Waals surface area (Å²) in [5.74, 6) is -0.797. The Labute approximate surface area is 108 Å². The SMILES string of the molecule is CNCCCNC(=O)CC1(CC(=O)O)CCCC1. The molecule has 0 saturated heterocycles. The maximum atomic E-state index is 11.8. The molecule has 0 unspecified atom stereocenters. The highest BCUT2D eigenvalue weighted by Gasteiger charge is 2.37. The van der Waals surface area contributed by atoms with E-state index in [-0.39, 0.29) is 17.7 Å². The number of amides is 1. The molecule has 104 valence electrons. The van der Waals surface area contributed by atoms with Gasteiger partial charge in [0, 0.05) is 13.0 Å². The molecule has 0 aliphatic heterocycles. The van der Waals surface area contributed by atoms with Crippen LogP contribution in [0.25, 0.3) is 0 Å². The molecular formula is C13H24N2O3. The Kier molecular flexibility index (Phi) is 6.12. The number of rotatable bonds is 8. The molecule has 0 aromatic carbocycles. The number of hydrogen-bond donors (Lipinski definition) is 3. The second-order valence-corrected chi connectivity index (χ2v) is 5.26. The predicted molar refractivity (Wildman–Crippen MR) is 69.3 cm³/mol. The second-order valence-electron chi connectivity index (χ2n) is 5.26. The summed E-state index contributed by atoms with van der Waals surface area (Å²) in [5, 5.41) is 14.8. The average molecular weight is 256 g/mol. The van der Waals surface area contributed by atoms with Crippen LogP contribution in [0.5, 0.6) is 0 Å². The molecule has 0 aromatic rings. The Morgan fingerprint density at radius 3 is 2.39 bits per heavy atom. The minimum absolute atomic E-state index is 0.00532. The third kappa shape index (κ3) is 5.04. The smallest absolute Gasteiger partial charge is 0.303 e. The summed E-state index contributed by atoms with van der Waals surface area (Å²) in [4.78, 5) is 22.7. The molecule has 18 heavy (non-hydrogen) atoms. The molecule has 5 nitrogen and oxygen atoms in total. The summed E-state index contributed by atoms with van der Waals surface area (Å²) < 4.78 is 0. The Morgan fingerprint density at radius 1 is 1.17 bits per heavy atom. The van der Waals surface area contributed by atoms with Gasteiger partial charge in [0.05, 0.1) is 6.42 Å². The van der Waals surface area contributed by atoms with E-state index in [1.165, 1.54) is 0 Å². The predicted octanol–water partition coefficient (Wildman–Crippen LogP) is 1.14. The van der Waals surface area contributed by atoms with Crippen molar-refractivity contribution in [2.45, 2.75) is 44.9 Å². The fourth-order valence-electron chi connectivity index (χ4n) is 2.76. The van der Waals surface area contributed by atoms with E-state index >= 15 is 0 Å². The van der Waals surface area contributed by atoms with Gasteiger partial charge in [-0.3, -0.25) is 9.59 Å². The quantitative estimate of drug-likeness (QED) is 0.569. The van der Waals surface area contributed by atoms with Crippen molar-refractivity contribution in [1.29, 1.82) is 0 Å². The molecule has 0 atom stereocenters. The van der Waals surface area contributed by atoms with Crippen LogP contribution in [0.3, 0.4) is 0 Å². The minimum atomic E-state index is -0.792. The summed E-state index contributed by atoms with van der Waals surface area (Å²) in [5.41, 5.74) is -0.293. The van der Waals surface area contributed by atoms with Gasteiger partial charge in [-0.25, -0.2) is 0 Å². The molecule has 1 aliphatic rings. The molecule has 5 heteroatoms. The van der Waals surface area contributed by atoms with Crippen LogP contribution in [0.1, 0.15) is 44.9 Å². The van der Waals surface area contributed by atoms with Crippen molar-refractivity contribution in [3.63, 3.8) is 0 Å². The molecule has 1 amide bonds. The van der Waals surface area contributed by atoms with Crippen LogP contribution in [0, 0.1) is 5.41 Å². The Bertz CT molecular complexity index is 286. The van der Waals surface area contributed by atoms with Crippen molar-refractivity contribution in [1.82, 2.24) is 10.6 Å². The zero-order valence-electron chi connectivity index (χ0n) is 11.1. The van der Waals surface area contributed by atoms with Crippen LogP contribution < -0.4 is 10.6 Å². The van der Waals surface area contributed by atoms with E-state index in [4.69, 9.17) is 5.11 Å². The van der Waals surface area contributed by atoms with Crippen LogP contribution in [-0.4, -0.2) is 37.1 Å². The van der Waals surface area contributed by atoms with Crippen LogP contribution >= 0.6 is 0 Å². The number of carboxylic acid groups (broad SMARTS) is 1. The molecule has 0 heterocycles. The molecule has 0 bridgehead atoms. The van der Waals surface area contributed by atoms with Gasteiger partial charge in [-0.1, -0.05) is 12.8 Å². The van der Waals surface area contributed by atoms with Gasteiger partial charge in [0.1, 0.15) is 0 Å². The third-order valence-corrected chi connectivity index (χ3v) is 3.65. The van der Waals surface area contributed by atoms with Gasteiger partial charge in [0.25, 0.3) is 0 Å². The zero-order chi connectivity index (χ0) is 13.4. The average Bonchev–Trinajstić information content (AvgIpc) is 2.71. The molecular weight excluding hydrogens is 232 g/mol. The lowest BCUT2D eigenvalue weighted by Gasteiger charge is -2.26. The van der Waals surface area contributed by atoms with Crippen molar-refractivity contribution < 1.29 is 14.7 Å². The highest BCUT2D eigenvalue weighted by atomic mass is 16.4. The summed E-state index contributed by atoms with van der Waals surface area (Å²) in [6.45, 7) is 1.53. The first kappa shape index (κ1) is 15.0. The van der Waals surface area contributed by atoms with Crippen molar-refractivity contribution in [3.05, 3.63) is 0 Å². The van der Waals surface area contributed by atoms with E-state index in [0.717, 1.165) is 38.6 Å². The fourth-order valence-corrected chi connectivity index (χ4v) is 2.76. The minimum Gasteiger partial charge on any atom is -0.481 e. The monoisotopic (exact) mass is 256 g/mol. The Hall–Kier alpha value is -1.10. The first-order valence-electron chi connectivity index (χ1n) is 6.71. The molecule has 0 radical (unpaired) electrons. The summed E-state index contributed by atoms with van der Waals surface area (Å²) in [6.07, 6.45) is 5.19. The number of carbonyl (C=O) groups excluding carboxylic acids is 1. The second kappa shape index (κ2) is 7.36. The normalized spacial score (nSPS) is 17.6. The van der Waals surface area contributed by atoms with Gasteiger partial charge in [0.2, 0.25) is 5.91 Å². The lowest BCUT2D eigenvalue weighted by molar-refractivity contribution is -0.140. The summed E-state index contributed by atoms with van der Waals surface area (Å²) >= 11 is 0. The number of carboxylic acids is 1. The third-order valence-electron chi connectivity index (χ3n) is 3.65. The van der Waals surface area contributed by atoms with Crippen molar-refractivity contribution >= 4 is 11.9 Å². The molecule has 3 N–H and O–H groups in total.